The summed E-state index contributed by atoms with van der Waals surface area (Å²) in [6, 6.07) is 5.25. The number of carbonyl (C=O) groups excluding carboxylic acids is 1. The summed E-state index contributed by atoms with van der Waals surface area (Å²) in [5.41, 5.74) is 1.43. The number of aromatic amines is 1. The van der Waals surface area contributed by atoms with E-state index in [0.29, 0.717) is 28.8 Å². The molecule has 11 heteroatoms. The van der Waals surface area contributed by atoms with Gasteiger partial charge in [0.2, 0.25) is 11.7 Å². The van der Waals surface area contributed by atoms with Crippen molar-refractivity contribution in [3.63, 3.8) is 0 Å². The molecule has 0 aliphatic carbocycles. The molecule has 26 heavy (non-hydrogen) atoms. The van der Waals surface area contributed by atoms with Gasteiger partial charge in [0, 0.05) is 11.6 Å². The maximum Gasteiger partial charge on any atom is 0.247 e. The third-order valence-electron chi connectivity index (χ3n) is 3.52. The first-order chi connectivity index (χ1) is 12.6. The summed E-state index contributed by atoms with van der Waals surface area (Å²) in [5, 5.41) is 20.2. The van der Waals surface area contributed by atoms with E-state index < -0.39 is 0 Å². The minimum atomic E-state index is -0.305. The zero-order valence-corrected chi connectivity index (χ0v) is 14.4. The Morgan fingerprint density at radius 3 is 2.46 bits per heavy atom. The Morgan fingerprint density at radius 2 is 1.88 bits per heavy atom. The molecule has 0 bridgehead atoms. The lowest BCUT2D eigenvalue weighted by atomic mass is 10.1. The largest absolute Gasteiger partial charge is 0.493 e. The Balaban J connectivity index is 1.80. The standard InChI is InChI=1S/C15H17N7O4/c1-24-11-4-9(5-12(25-2)15(11)26-3)10-6-13(19-18-10)17-14(23)7-22-8-16-20-21-22/h4-6,8H,7H2,1-3H3,(H2,17,18,19,23). The fourth-order valence-electron chi connectivity index (χ4n) is 2.35. The van der Waals surface area contributed by atoms with E-state index in [1.54, 1.807) is 32.4 Å². The molecular weight excluding hydrogens is 342 g/mol. The molecule has 0 fully saturated rings. The van der Waals surface area contributed by atoms with Gasteiger partial charge in [-0.05, 0) is 22.6 Å². The Kier molecular flexibility index (Phi) is 4.97. The number of H-pyrrole nitrogens is 1. The van der Waals surface area contributed by atoms with Gasteiger partial charge in [-0.3, -0.25) is 9.89 Å². The van der Waals surface area contributed by atoms with Gasteiger partial charge in [-0.2, -0.15) is 5.10 Å². The van der Waals surface area contributed by atoms with Gasteiger partial charge in [0.05, 0.1) is 27.0 Å². The van der Waals surface area contributed by atoms with Crippen molar-refractivity contribution in [2.75, 3.05) is 26.6 Å². The quantitative estimate of drug-likeness (QED) is 0.631. The van der Waals surface area contributed by atoms with Crippen LogP contribution < -0.4 is 19.5 Å². The van der Waals surface area contributed by atoms with Crippen molar-refractivity contribution >= 4 is 11.7 Å². The highest BCUT2D eigenvalue weighted by molar-refractivity contribution is 5.90. The Hall–Kier alpha value is -3.63. The van der Waals surface area contributed by atoms with Gasteiger partial charge in [0.1, 0.15) is 12.9 Å². The third kappa shape index (κ3) is 3.55. The SMILES string of the molecule is COc1cc(-c2cc(NC(=O)Cn3cnnn3)n[nH]2)cc(OC)c1OC. The molecule has 11 nitrogen and oxygen atoms in total. The molecule has 2 N–H and O–H groups in total. The van der Waals surface area contributed by atoms with Crippen LogP contribution in [0.4, 0.5) is 5.82 Å². The van der Waals surface area contributed by atoms with Gasteiger partial charge in [0.25, 0.3) is 0 Å². The van der Waals surface area contributed by atoms with Gasteiger partial charge in [-0.1, -0.05) is 0 Å². The number of amides is 1. The molecule has 1 aromatic carbocycles. The fraction of sp³-hybridized carbons (Fsp3) is 0.267. The molecule has 136 valence electrons. The summed E-state index contributed by atoms with van der Waals surface area (Å²) in [5.74, 6) is 1.58. The minimum absolute atomic E-state index is 0.0145. The van der Waals surface area contributed by atoms with Gasteiger partial charge in [-0.15, -0.1) is 5.10 Å². The summed E-state index contributed by atoms with van der Waals surface area (Å²) >= 11 is 0. The van der Waals surface area contributed by atoms with Crippen LogP contribution in [0.25, 0.3) is 11.3 Å². The lowest BCUT2D eigenvalue weighted by Gasteiger charge is -2.13. The van der Waals surface area contributed by atoms with Crippen LogP contribution in [0, 0.1) is 0 Å². The molecule has 3 aromatic rings. The summed E-state index contributed by atoms with van der Waals surface area (Å²) in [7, 11) is 4.62. The van der Waals surface area contributed by atoms with Gasteiger partial charge < -0.3 is 19.5 Å². The number of nitrogens with zero attached hydrogens (tertiary/aromatic N) is 5. The normalized spacial score (nSPS) is 10.4. The Bertz CT molecular complexity index is 866. The third-order valence-corrected chi connectivity index (χ3v) is 3.52. The second kappa shape index (κ2) is 7.51. The van der Waals surface area contributed by atoms with Crippen molar-refractivity contribution in [1.29, 1.82) is 0 Å². The minimum Gasteiger partial charge on any atom is -0.493 e. The second-order valence-electron chi connectivity index (χ2n) is 5.14. The van der Waals surface area contributed by atoms with Crippen LogP contribution in [0.15, 0.2) is 24.5 Å². The Labute approximate surface area is 148 Å². The van der Waals surface area contributed by atoms with Crippen LogP contribution in [-0.2, 0) is 11.3 Å². The number of benzene rings is 1. The van der Waals surface area contributed by atoms with Crippen LogP contribution in [-0.4, -0.2) is 57.6 Å². The van der Waals surface area contributed by atoms with E-state index in [2.05, 4.69) is 31.0 Å². The number of hydrogen-bond donors (Lipinski definition) is 2. The van der Waals surface area contributed by atoms with Crippen molar-refractivity contribution in [1.82, 2.24) is 30.4 Å². The number of carbonyl (C=O) groups is 1. The van der Waals surface area contributed by atoms with E-state index in [4.69, 9.17) is 14.2 Å². The highest BCUT2D eigenvalue weighted by Gasteiger charge is 2.16. The number of ether oxygens (including phenoxy) is 3. The molecule has 0 saturated heterocycles. The maximum absolute atomic E-state index is 12.0. The lowest BCUT2D eigenvalue weighted by molar-refractivity contribution is -0.117. The van der Waals surface area contributed by atoms with Crippen molar-refractivity contribution in [3.8, 4) is 28.5 Å². The molecule has 0 radical (unpaired) electrons. The average Bonchev–Trinajstić information content (AvgIpc) is 3.32. The fourth-order valence-corrected chi connectivity index (χ4v) is 2.35. The Morgan fingerprint density at radius 1 is 1.15 bits per heavy atom. The summed E-state index contributed by atoms with van der Waals surface area (Å²) in [4.78, 5) is 12.0. The number of rotatable bonds is 7. The molecule has 0 saturated carbocycles. The van der Waals surface area contributed by atoms with Crippen molar-refractivity contribution in [3.05, 3.63) is 24.5 Å². The summed E-state index contributed by atoms with van der Waals surface area (Å²) in [6.07, 6.45) is 1.35. The first kappa shape index (κ1) is 17.2. The van der Waals surface area contributed by atoms with Crippen molar-refractivity contribution < 1.29 is 19.0 Å². The van der Waals surface area contributed by atoms with Crippen molar-refractivity contribution in [2.45, 2.75) is 6.54 Å². The predicted molar refractivity (Wildman–Crippen MR) is 90.1 cm³/mol. The van der Waals surface area contributed by atoms with E-state index in [0.717, 1.165) is 5.56 Å². The first-order valence-corrected chi connectivity index (χ1v) is 7.51. The van der Waals surface area contributed by atoms with Crippen LogP contribution >= 0.6 is 0 Å². The summed E-state index contributed by atoms with van der Waals surface area (Å²) < 4.78 is 17.3. The molecule has 3 rings (SSSR count). The highest BCUT2D eigenvalue weighted by Crippen LogP contribution is 2.41. The number of tetrazole rings is 1. The molecule has 0 atom stereocenters. The molecule has 0 aliphatic rings. The monoisotopic (exact) mass is 359 g/mol. The average molecular weight is 359 g/mol. The zero-order chi connectivity index (χ0) is 18.5. The molecule has 0 aliphatic heterocycles. The number of hydrogen-bond acceptors (Lipinski definition) is 8. The zero-order valence-electron chi connectivity index (χ0n) is 14.4. The van der Waals surface area contributed by atoms with Crippen molar-refractivity contribution in [2.24, 2.45) is 0 Å². The topological polar surface area (TPSA) is 129 Å². The lowest BCUT2D eigenvalue weighted by Crippen LogP contribution is -2.19. The van der Waals surface area contributed by atoms with Crippen LogP contribution in [0.1, 0.15) is 0 Å². The summed E-state index contributed by atoms with van der Waals surface area (Å²) in [6.45, 7) is -0.0145. The number of aromatic nitrogens is 6. The second-order valence-corrected chi connectivity index (χ2v) is 5.14. The van der Waals surface area contributed by atoms with E-state index >= 15 is 0 Å². The van der Waals surface area contributed by atoms with Crippen LogP contribution in [0.2, 0.25) is 0 Å². The number of methoxy groups -OCH3 is 3. The van der Waals surface area contributed by atoms with Gasteiger partial charge >= 0.3 is 0 Å². The molecule has 0 spiro atoms. The molecule has 1 amide bonds. The highest BCUT2D eigenvalue weighted by atomic mass is 16.5. The van der Waals surface area contributed by atoms with Crippen LogP contribution in [0.3, 0.4) is 0 Å². The maximum atomic E-state index is 12.0. The molecule has 2 heterocycles. The molecule has 2 aromatic heterocycles. The van der Waals surface area contributed by atoms with E-state index in [1.165, 1.54) is 18.1 Å². The van der Waals surface area contributed by atoms with E-state index in [1.807, 2.05) is 0 Å². The van der Waals surface area contributed by atoms with E-state index in [-0.39, 0.29) is 12.5 Å². The predicted octanol–water partition coefficient (Wildman–Crippen LogP) is 0.728. The number of anilines is 1. The molecule has 0 unspecified atom stereocenters. The van der Waals surface area contributed by atoms with E-state index in [9.17, 15) is 4.79 Å². The smallest absolute Gasteiger partial charge is 0.247 e. The van der Waals surface area contributed by atoms with Gasteiger partial charge in [-0.25, -0.2) is 4.68 Å². The van der Waals surface area contributed by atoms with Crippen LogP contribution in [0.5, 0.6) is 17.2 Å². The molecular formula is C15H17N7O4. The number of nitrogens with one attached hydrogen (secondary N) is 2. The van der Waals surface area contributed by atoms with Gasteiger partial charge in [0.15, 0.2) is 17.3 Å². The first-order valence-electron chi connectivity index (χ1n) is 7.51.